The van der Waals surface area contributed by atoms with Gasteiger partial charge >= 0.3 is 0 Å². The molecule has 3 atom stereocenters. The molecule has 4 aromatic carbocycles. The highest BCUT2D eigenvalue weighted by Gasteiger charge is 2.37. The molecule has 4 nitrogen and oxygen atoms in total. The highest BCUT2D eigenvalue weighted by molar-refractivity contribution is 9.10. The molecule has 1 heterocycles. The molecule has 202 valence electrons. The fraction of sp³-hybridized carbons (Fsp3) is 0.229. The van der Waals surface area contributed by atoms with Crippen molar-refractivity contribution >= 4 is 33.5 Å². The van der Waals surface area contributed by atoms with E-state index in [2.05, 4.69) is 82.8 Å². The van der Waals surface area contributed by atoms with E-state index in [-0.39, 0.29) is 6.04 Å². The quantitative estimate of drug-likeness (QED) is 0.164. The van der Waals surface area contributed by atoms with Gasteiger partial charge in [0.05, 0.1) is 18.3 Å². The van der Waals surface area contributed by atoms with E-state index in [1.54, 1.807) is 0 Å². The summed E-state index contributed by atoms with van der Waals surface area (Å²) in [7, 11) is 0. The lowest BCUT2D eigenvalue weighted by molar-refractivity contribution is 0.269. The van der Waals surface area contributed by atoms with Crippen LogP contribution in [0.15, 0.2) is 107 Å². The van der Waals surface area contributed by atoms with Crippen molar-refractivity contribution in [2.24, 2.45) is 10.9 Å². The van der Waals surface area contributed by atoms with E-state index >= 15 is 0 Å². The molecule has 40 heavy (non-hydrogen) atoms. The minimum absolute atomic E-state index is 0.284. The van der Waals surface area contributed by atoms with Gasteiger partial charge in [-0.05, 0) is 97.0 Å². The van der Waals surface area contributed by atoms with Crippen LogP contribution >= 0.6 is 15.9 Å². The lowest BCUT2D eigenvalue weighted by Crippen LogP contribution is -2.29. The molecule has 1 N–H and O–H groups in total. The van der Waals surface area contributed by atoms with Gasteiger partial charge in [-0.1, -0.05) is 70.0 Å². The molecule has 0 unspecified atom stereocenters. The van der Waals surface area contributed by atoms with Gasteiger partial charge in [-0.2, -0.15) is 0 Å². The second-order valence-corrected chi connectivity index (χ2v) is 11.4. The van der Waals surface area contributed by atoms with Crippen LogP contribution in [0.3, 0.4) is 0 Å². The Hall–Kier alpha value is -3.83. The van der Waals surface area contributed by atoms with Crippen molar-refractivity contribution in [3.8, 4) is 11.5 Å². The SMILES string of the molecule is CCOc1cc(C=Nc2ccc([C@@H]3Nc4ccc(C)cc4[C@H]4C=CC[C@@H]43)cc2)ccc1OCc1ccc(Br)cc1. The van der Waals surface area contributed by atoms with Crippen molar-refractivity contribution < 1.29 is 9.47 Å². The lowest BCUT2D eigenvalue weighted by Gasteiger charge is -2.37. The standard InChI is InChI=1S/C35H33BrN2O2/c1-3-39-34-20-25(10-18-33(34)40-22-24-8-13-27(36)14-9-24)21-37-28-15-11-26(12-16-28)35-30-6-4-5-29(30)31-19-23(2)7-17-32(31)38-35/h4-5,7-21,29-30,35,38H,3,6,22H2,1-2H3/t29-,30-,35-/m0/s1. The van der Waals surface area contributed by atoms with Crippen LogP contribution in [-0.2, 0) is 6.61 Å². The molecule has 0 aromatic heterocycles. The van der Waals surface area contributed by atoms with Gasteiger partial charge in [0.15, 0.2) is 11.5 Å². The first-order chi connectivity index (χ1) is 19.6. The number of ether oxygens (including phenoxy) is 2. The average Bonchev–Trinajstić information content (AvgIpc) is 3.47. The summed E-state index contributed by atoms with van der Waals surface area (Å²) in [4.78, 5) is 4.75. The second kappa shape index (κ2) is 11.7. The maximum atomic E-state index is 6.07. The van der Waals surface area contributed by atoms with Crippen LogP contribution in [0.4, 0.5) is 11.4 Å². The summed E-state index contributed by atoms with van der Waals surface area (Å²) in [6, 6.07) is 29.7. The van der Waals surface area contributed by atoms with Crippen molar-refractivity contribution in [2.75, 3.05) is 11.9 Å². The molecule has 1 aliphatic carbocycles. The summed E-state index contributed by atoms with van der Waals surface area (Å²) < 4.78 is 13.0. The zero-order valence-electron chi connectivity index (χ0n) is 22.8. The third kappa shape index (κ3) is 5.71. The number of hydrogen-bond donors (Lipinski definition) is 1. The Labute approximate surface area is 244 Å². The van der Waals surface area contributed by atoms with Crippen molar-refractivity contribution in [3.63, 3.8) is 0 Å². The number of nitrogens with zero attached hydrogens (tertiary/aromatic N) is 1. The van der Waals surface area contributed by atoms with Gasteiger partial charge in [0.2, 0.25) is 0 Å². The summed E-state index contributed by atoms with van der Waals surface area (Å²) in [6.07, 6.45) is 7.71. The summed E-state index contributed by atoms with van der Waals surface area (Å²) in [5.74, 6) is 2.45. The smallest absolute Gasteiger partial charge is 0.161 e. The third-order valence-electron chi connectivity index (χ3n) is 7.71. The number of halogens is 1. The summed E-state index contributed by atoms with van der Waals surface area (Å²) in [6.45, 7) is 5.19. The van der Waals surface area contributed by atoms with Crippen molar-refractivity contribution in [3.05, 3.63) is 129 Å². The van der Waals surface area contributed by atoms with Gasteiger partial charge in [0.25, 0.3) is 0 Å². The number of hydrogen-bond acceptors (Lipinski definition) is 4. The normalized spacial score (nSPS) is 19.2. The van der Waals surface area contributed by atoms with Crippen LogP contribution in [0, 0.1) is 12.8 Å². The number of allylic oxidation sites excluding steroid dienone is 2. The van der Waals surface area contributed by atoms with Gasteiger partial charge in [0, 0.05) is 22.3 Å². The third-order valence-corrected chi connectivity index (χ3v) is 8.24. The zero-order valence-corrected chi connectivity index (χ0v) is 24.4. The highest BCUT2D eigenvalue weighted by Crippen LogP contribution is 2.50. The fourth-order valence-corrected chi connectivity index (χ4v) is 5.96. The van der Waals surface area contributed by atoms with Crippen LogP contribution in [0.5, 0.6) is 11.5 Å². The summed E-state index contributed by atoms with van der Waals surface area (Å²) in [5, 5.41) is 3.83. The predicted molar refractivity (Wildman–Crippen MR) is 167 cm³/mol. The Morgan fingerprint density at radius 1 is 0.925 bits per heavy atom. The molecule has 4 aromatic rings. The Bertz CT molecular complexity index is 1540. The first-order valence-electron chi connectivity index (χ1n) is 13.9. The monoisotopic (exact) mass is 592 g/mol. The molecule has 0 bridgehead atoms. The first kappa shape index (κ1) is 26.4. The van der Waals surface area contributed by atoms with Crippen LogP contribution in [0.2, 0.25) is 0 Å². The van der Waals surface area contributed by atoms with Gasteiger partial charge in [0.1, 0.15) is 6.61 Å². The number of anilines is 1. The zero-order chi connectivity index (χ0) is 27.5. The maximum absolute atomic E-state index is 6.07. The van der Waals surface area contributed by atoms with E-state index in [1.165, 1.54) is 22.4 Å². The van der Waals surface area contributed by atoms with E-state index in [9.17, 15) is 0 Å². The first-order valence-corrected chi connectivity index (χ1v) is 14.7. The molecule has 0 amide bonds. The van der Waals surface area contributed by atoms with Crippen LogP contribution in [-0.4, -0.2) is 12.8 Å². The molecular formula is C35H33BrN2O2. The number of benzene rings is 4. The van der Waals surface area contributed by atoms with E-state index < -0.39 is 0 Å². The largest absolute Gasteiger partial charge is 0.490 e. The number of nitrogens with one attached hydrogen (secondary N) is 1. The van der Waals surface area contributed by atoms with E-state index in [1.807, 2.05) is 55.6 Å². The Morgan fingerprint density at radius 3 is 2.55 bits per heavy atom. The predicted octanol–water partition coefficient (Wildman–Crippen LogP) is 9.31. The summed E-state index contributed by atoms with van der Waals surface area (Å²) >= 11 is 3.47. The summed E-state index contributed by atoms with van der Waals surface area (Å²) in [5.41, 5.74) is 8.27. The van der Waals surface area contributed by atoms with Gasteiger partial charge in [-0.3, -0.25) is 4.99 Å². The number of aryl methyl sites for hydroxylation is 1. The molecule has 1 aliphatic heterocycles. The van der Waals surface area contributed by atoms with E-state index in [0.29, 0.717) is 25.0 Å². The Morgan fingerprint density at radius 2 is 1.75 bits per heavy atom. The Kier molecular flexibility index (Phi) is 7.74. The molecule has 0 saturated heterocycles. The molecule has 0 saturated carbocycles. The van der Waals surface area contributed by atoms with E-state index in [0.717, 1.165) is 39.2 Å². The molecule has 6 rings (SSSR count). The highest BCUT2D eigenvalue weighted by atomic mass is 79.9. The average molecular weight is 594 g/mol. The fourth-order valence-electron chi connectivity index (χ4n) is 5.69. The van der Waals surface area contributed by atoms with Gasteiger partial charge < -0.3 is 14.8 Å². The van der Waals surface area contributed by atoms with Crippen molar-refractivity contribution in [1.82, 2.24) is 0 Å². The van der Waals surface area contributed by atoms with Crippen LogP contribution in [0.25, 0.3) is 0 Å². The van der Waals surface area contributed by atoms with Crippen molar-refractivity contribution in [1.29, 1.82) is 0 Å². The molecule has 0 radical (unpaired) electrons. The molecule has 0 spiro atoms. The minimum Gasteiger partial charge on any atom is -0.490 e. The number of rotatable bonds is 8. The van der Waals surface area contributed by atoms with E-state index in [4.69, 9.17) is 14.5 Å². The lowest BCUT2D eigenvalue weighted by atomic mass is 9.76. The van der Waals surface area contributed by atoms with Gasteiger partial charge in [-0.25, -0.2) is 0 Å². The molecular weight excluding hydrogens is 560 g/mol. The topological polar surface area (TPSA) is 42.8 Å². The molecule has 2 aliphatic rings. The van der Waals surface area contributed by atoms with Crippen molar-refractivity contribution in [2.45, 2.75) is 38.8 Å². The molecule has 0 fully saturated rings. The minimum atomic E-state index is 0.284. The molecule has 5 heteroatoms. The van der Waals surface area contributed by atoms with Gasteiger partial charge in [-0.15, -0.1) is 0 Å². The second-order valence-electron chi connectivity index (χ2n) is 10.5. The number of aliphatic imine (C=N–C) groups is 1. The van der Waals surface area contributed by atoms with Crippen LogP contribution in [0.1, 0.15) is 53.1 Å². The Balaban J connectivity index is 1.15. The number of fused-ring (bicyclic) bond motifs is 3. The maximum Gasteiger partial charge on any atom is 0.161 e. The van der Waals surface area contributed by atoms with Crippen LogP contribution < -0.4 is 14.8 Å².